The van der Waals surface area contributed by atoms with Crippen molar-refractivity contribution in [2.75, 3.05) is 13.3 Å². The van der Waals surface area contributed by atoms with Crippen molar-refractivity contribution < 1.29 is 4.79 Å². The fraction of sp³-hybridized carbons (Fsp3) is 0.250. The average molecular weight is 262 g/mol. The van der Waals surface area contributed by atoms with Crippen molar-refractivity contribution in [1.82, 2.24) is 10.6 Å². The zero-order valence-corrected chi connectivity index (χ0v) is 11.3. The first-order valence-corrected chi connectivity index (χ1v) is 6.46. The smallest absolute Gasteiger partial charge is 0.251 e. The highest BCUT2D eigenvalue weighted by atomic mass is 32.2. The van der Waals surface area contributed by atoms with E-state index < -0.39 is 0 Å². The monoisotopic (exact) mass is 262 g/mol. The molecule has 0 aromatic heterocycles. The van der Waals surface area contributed by atoms with Crippen LogP contribution in [0.15, 0.2) is 23.2 Å². The third kappa shape index (κ3) is 3.25. The number of hydrogen-bond acceptors (Lipinski definition) is 4. The van der Waals surface area contributed by atoms with Crippen LogP contribution in [0, 0.1) is 18.4 Å². The Bertz CT molecular complexity index is 519. The third-order valence-corrected chi connectivity index (χ3v) is 2.94. The van der Waals surface area contributed by atoms with E-state index in [0.29, 0.717) is 16.4 Å². The predicted octanol–water partition coefficient (Wildman–Crippen LogP) is 1.78. The zero-order valence-electron chi connectivity index (χ0n) is 10.4. The minimum atomic E-state index is -0.150. The van der Waals surface area contributed by atoms with Gasteiger partial charge in [0.25, 0.3) is 5.91 Å². The summed E-state index contributed by atoms with van der Waals surface area (Å²) in [6.07, 6.45) is 3.65. The highest BCUT2D eigenvalue weighted by Gasteiger charge is 2.10. The van der Waals surface area contributed by atoms with Crippen molar-refractivity contribution in [2.45, 2.75) is 6.92 Å². The quantitative estimate of drug-likeness (QED) is 0.368. The van der Waals surface area contributed by atoms with Crippen LogP contribution in [0.2, 0.25) is 0 Å². The fourth-order valence-corrected chi connectivity index (χ4v) is 1.74. The Labute approximate surface area is 110 Å². The first-order valence-electron chi connectivity index (χ1n) is 5.23. The lowest BCUT2D eigenvalue weighted by molar-refractivity contribution is 0.0962. The van der Waals surface area contributed by atoms with Crippen molar-refractivity contribution in [3.8, 4) is 6.19 Å². The lowest BCUT2D eigenvalue weighted by Gasteiger charge is -2.08. The molecule has 18 heavy (non-hydrogen) atoms. The van der Waals surface area contributed by atoms with Crippen molar-refractivity contribution in [3.63, 3.8) is 0 Å². The van der Waals surface area contributed by atoms with Crippen molar-refractivity contribution in [3.05, 3.63) is 29.3 Å². The fourth-order valence-electron chi connectivity index (χ4n) is 1.41. The minimum absolute atomic E-state index is 0.150. The molecule has 0 saturated heterocycles. The highest BCUT2D eigenvalue weighted by Crippen LogP contribution is 2.22. The van der Waals surface area contributed by atoms with Gasteiger partial charge in [-0.15, -0.1) is 0 Å². The van der Waals surface area contributed by atoms with E-state index in [-0.39, 0.29) is 5.91 Å². The van der Waals surface area contributed by atoms with Crippen LogP contribution in [-0.4, -0.2) is 24.4 Å². The molecular weight excluding hydrogens is 248 g/mol. The summed E-state index contributed by atoms with van der Waals surface area (Å²) >= 11 is 1.33. The molecule has 0 heterocycles. The van der Waals surface area contributed by atoms with Gasteiger partial charge in [0.05, 0.1) is 5.69 Å². The summed E-state index contributed by atoms with van der Waals surface area (Å²) in [7, 11) is 1.59. The molecule has 0 aliphatic carbocycles. The number of benzene rings is 1. The lowest BCUT2D eigenvalue weighted by Crippen LogP contribution is -2.19. The highest BCUT2D eigenvalue weighted by molar-refractivity contribution is 8.13. The number of carbonyl (C=O) groups excluding carboxylic acids is 1. The van der Waals surface area contributed by atoms with E-state index in [1.807, 2.05) is 19.4 Å². The maximum atomic E-state index is 11.6. The Morgan fingerprint density at radius 1 is 1.50 bits per heavy atom. The molecule has 5 nitrogen and oxygen atoms in total. The number of carbonyl (C=O) groups is 1. The molecule has 1 amide bonds. The summed E-state index contributed by atoms with van der Waals surface area (Å²) in [4.78, 5) is 15.9. The number of rotatable bonds is 2. The molecule has 94 valence electrons. The summed E-state index contributed by atoms with van der Waals surface area (Å²) in [6, 6.07) is 5.31. The van der Waals surface area contributed by atoms with Gasteiger partial charge in [-0.1, -0.05) is 17.8 Å². The molecule has 0 aliphatic rings. The second-order valence-corrected chi connectivity index (χ2v) is 4.18. The van der Waals surface area contributed by atoms with Gasteiger partial charge in [-0.3, -0.25) is 10.1 Å². The molecule has 0 spiro atoms. The van der Waals surface area contributed by atoms with Crippen LogP contribution in [-0.2, 0) is 0 Å². The summed E-state index contributed by atoms with van der Waals surface area (Å²) in [5.74, 6) is -0.150. The van der Waals surface area contributed by atoms with E-state index in [4.69, 9.17) is 5.26 Å². The molecule has 2 N–H and O–H groups in total. The van der Waals surface area contributed by atoms with Gasteiger partial charge in [0, 0.05) is 12.6 Å². The van der Waals surface area contributed by atoms with E-state index in [2.05, 4.69) is 15.6 Å². The first kappa shape index (κ1) is 14.1. The first-order chi connectivity index (χ1) is 8.63. The van der Waals surface area contributed by atoms with E-state index in [1.54, 1.807) is 25.2 Å². The van der Waals surface area contributed by atoms with Crippen LogP contribution in [0.4, 0.5) is 5.69 Å². The number of nitrogens with zero attached hydrogens (tertiary/aromatic N) is 2. The Morgan fingerprint density at radius 3 is 2.78 bits per heavy atom. The van der Waals surface area contributed by atoms with Gasteiger partial charge in [-0.05, 0) is 30.9 Å². The van der Waals surface area contributed by atoms with Crippen molar-refractivity contribution in [1.29, 1.82) is 5.26 Å². The van der Waals surface area contributed by atoms with Crippen LogP contribution in [0.3, 0.4) is 0 Å². The number of nitriles is 1. The van der Waals surface area contributed by atoms with Crippen LogP contribution < -0.4 is 10.6 Å². The number of amides is 1. The van der Waals surface area contributed by atoms with Gasteiger partial charge in [0.15, 0.2) is 11.4 Å². The number of nitrogens with one attached hydrogen (secondary N) is 2. The molecule has 1 aromatic rings. The summed E-state index contributed by atoms with van der Waals surface area (Å²) in [6.45, 7) is 1.83. The molecule has 1 aromatic carbocycles. The van der Waals surface area contributed by atoms with E-state index in [0.717, 1.165) is 5.56 Å². The maximum Gasteiger partial charge on any atom is 0.251 e. The average Bonchev–Trinajstić information content (AvgIpc) is 2.39. The van der Waals surface area contributed by atoms with Crippen LogP contribution in [0.25, 0.3) is 0 Å². The standard InChI is InChI=1S/C12H14N4OS/c1-8-9(11(17)14-2)5-4-6-10(8)16-12(18-3)15-7-13/h4-6H,1-3H3,(H,14,17)(H,15,16). The molecule has 0 fully saturated rings. The molecule has 0 atom stereocenters. The largest absolute Gasteiger partial charge is 0.355 e. The molecule has 0 aliphatic heterocycles. The molecular formula is C12H14N4OS. The topological polar surface area (TPSA) is 77.3 Å². The minimum Gasteiger partial charge on any atom is -0.355 e. The van der Waals surface area contributed by atoms with Crippen molar-refractivity contribution >= 4 is 28.5 Å². The number of amidine groups is 1. The second-order valence-electron chi connectivity index (χ2n) is 3.39. The maximum absolute atomic E-state index is 11.6. The summed E-state index contributed by atoms with van der Waals surface area (Å²) in [5, 5.41) is 14.1. The Hall–Kier alpha value is -2.00. The SMILES string of the molecule is CNC(=O)c1cccc(N=C(NC#N)SC)c1C. The van der Waals surface area contributed by atoms with E-state index >= 15 is 0 Å². The van der Waals surface area contributed by atoms with Gasteiger partial charge < -0.3 is 5.32 Å². The van der Waals surface area contributed by atoms with E-state index in [9.17, 15) is 4.79 Å². The summed E-state index contributed by atoms with van der Waals surface area (Å²) in [5.41, 5.74) is 2.03. The number of thioether (sulfide) groups is 1. The Morgan fingerprint density at radius 2 is 2.22 bits per heavy atom. The molecule has 0 bridgehead atoms. The normalized spacial score (nSPS) is 10.7. The zero-order chi connectivity index (χ0) is 13.5. The number of aliphatic imine (C=N–C) groups is 1. The molecule has 0 radical (unpaired) electrons. The lowest BCUT2D eigenvalue weighted by atomic mass is 10.1. The van der Waals surface area contributed by atoms with Gasteiger partial charge >= 0.3 is 0 Å². The van der Waals surface area contributed by atoms with Gasteiger partial charge in [-0.25, -0.2) is 4.99 Å². The second kappa shape index (κ2) is 6.67. The third-order valence-electron chi connectivity index (χ3n) is 2.36. The molecule has 6 heteroatoms. The van der Waals surface area contributed by atoms with Crippen LogP contribution in [0.5, 0.6) is 0 Å². The number of hydrogen-bond donors (Lipinski definition) is 2. The molecule has 0 saturated carbocycles. The van der Waals surface area contributed by atoms with Gasteiger partial charge in [0.1, 0.15) is 0 Å². The van der Waals surface area contributed by atoms with Crippen LogP contribution >= 0.6 is 11.8 Å². The van der Waals surface area contributed by atoms with E-state index in [1.165, 1.54) is 11.8 Å². The molecule has 1 rings (SSSR count). The van der Waals surface area contributed by atoms with Crippen molar-refractivity contribution in [2.24, 2.45) is 4.99 Å². The van der Waals surface area contributed by atoms with Gasteiger partial charge in [0.2, 0.25) is 0 Å². The predicted molar refractivity (Wildman–Crippen MR) is 73.9 cm³/mol. The Balaban J connectivity index is 3.19. The summed E-state index contributed by atoms with van der Waals surface area (Å²) < 4.78 is 0. The Kier molecular flexibility index (Phi) is 5.21. The van der Waals surface area contributed by atoms with Crippen LogP contribution in [0.1, 0.15) is 15.9 Å². The van der Waals surface area contributed by atoms with Gasteiger partial charge in [-0.2, -0.15) is 5.26 Å². The molecule has 0 unspecified atom stereocenters.